The van der Waals surface area contributed by atoms with Crippen molar-refractivity contribution in [3.63, 3.8) is 0 Å². The second kappa shape index (κ2) is 7.34. The summed E-state index contributed by atoms with van der Waals surface area (Å²) in [6, 6.07) is 11.1. The lowest BCUT2D eigenvalue weighted by molar-refractivity contribution is -0.123. The fourth-order valence-electron chi connectivity index (χ4n) is 5.03. The predicted octanol–water partition coefficient (Wildman–Crippen LogP) is 6.21. The van der Waals surface area contributed by atoms with Gasteiger partial charge in [-0.25, -0.2) is 9.88 Å². The molecule has 1 saturated heterocycles. The molecule has 0 spiro atoms. The number of fused-ring (bicyclic) bond motifs is 6. The van der Waals surface area contributed by atoms with Gasteiger partial charge in [-0.15, -0.1) is 11.3 Å². The molecule has 8 heteroatoms. The maximum absolute atomic E-state index is 13.1. The first-order chi connectivity index (χ1) is 15.0. The number of carbonyl (C=O) groups is 2. The highest BCUT2D eigenvalue weighted by molar-refractivity contribution is 8.00. The van der Waals surface area contributed by atoms with Crippen LogP contribution in [-0.4, -0.2) is 16.8 Å². The molecule has 6 rings (SSSR count). The molecule has 156 valence electrons. The number of anilines is 1. The molecule has 2 fully saturated rings. The van der Waals surface area contributed by atoms with E-state index in [4.69, 9.17) is 23.2 Å². The molecule has 2 aliphatic carbocycles. The molecule has 31 heavy (non-hydrogen) atoms. The Morgan fingerprint density at radius 1 is 1.03 bits per heavy atom. The van der Waals surface area contributed by atoms with Gasteiger partial charge < -0.3 is 0 Å². The third kappa shape index (κ3) is 3.15. The molecule has 0 unspecified atom stereocenters. The molecule has 1 saturated carbocycles. The van der Waals surface area contributed by atoms with E-state index in [9.17, 15) is 9.59 Å². The number of aromatic nitrogens is 1. The lowest BCUT2D eigenvalue weighted by Gasteiger charge is -2.17. The Hall–Kier alpha value is -1.86. The van der Waals surface area contributed by atoms with E-state index in [2.05, 4.69) is 17.1 Å². The van der Waals surface area contributed by atoms with E-state index in [0.717, 1.165) is 26.5 Å². The van der Waals surface area contributed by atoms with Crippen molar-refractivity contribution in [2.75, 3.05) is 4.90 Å². The van der Waals surface area contributed by atoms with Crippen LogP contribution < -0.4 is 4.90 Å². The van der Waals surface area contributed by atoms with Crippen molar-refractivity contribution >= 4 is 74.0 Å². The molecule has 1 aliphatic heterocycles. The first kappa shape index (κ1) is 19.8. The Morgan fingerprint density at radius 3 is 2.48 bits per heavy atom. The van der Waals surface area contributed by atoms with Gasteiger partial charge in [-0.1, -0.05) is 53.2 Å². The van der Waals surface area contributed by atoms with Crippen molar-refractivity contribution in [1.82, 2.24) is 4.98 Å². The minimum absolute atomic E-state index is 0.0531. The zero-order valence-corrected chi connectivity index (χ0v) is 19.3. The molecular formula is C23H16Cl2N2O2S2. The SMILES string of the molecule is O=C1[C@H]2[C@H](C(=O)N1c1ccc3nc(SCc4ccc(Cl)cc4Cl)sc3c1)[C@H]1C=C[C@H]2C1. The normalized spacial score (nSPS) is 26.5. The molecule has 2 heterocycles. The molecule has 3 aliphatic rings. The van der Waals surface area contributed by atoms with Gasteiger partial charge in [0.2, 0.25) is 11.8 Å². The number of thioether (sulfide) groups is 1. The topological polar surface area (TPSA) is 50.3 Å². The molecule has 4 nitrogen and oxygen atoms in total. The summed E-state index contributed by atoms with van der Waals surface area (Å²) in [5, 5.41) is 1.26. The Bertz CT molecular complexity index is 1260. The largest absolute Gasteiger partial charge is 0.274 e. The van der Waals surface area contributed by atoms with E-state index >= 15 is 0 Å². The maximum atomic E-state index is 13.1. The average molecular weight is 487 g/mol. The van der Waals surface area contributed by atoms with E-state index in [1.807, 2.05) is 30.3 Å². The van der Waals surface area contributed by atoms with Crippen molar-refractivity contribution in [2.24, 2.45) is 23.7 Å². The summed E-state index contributed by atoms with van der Waals surface area (Å²) in [5.74, 6) is 0.637. The van der Waals surface area contributed by atoms with Gasteiger partial charge in [0.1, 0.15) is 0 Å². The number of halogens is 2. The lowest BCUT2D eigenvalue weighted by Crippen LogP contribution is -2.32. The van der Waals surface area contributed by atoms with Crippen molar-refractivity contribution in [2.45, 2.75) is 16.5 Å². The van der Waals surface area contributed by atoms with Gasteiger partial charge in [0.25, 0.3) is 0 Å². The van der Waals surface area contributed by atoms with Crippen LogP contribution in [0.4, 0.5) is 5.69 Å². The maximum Gasteiger partial charge on any atom is 0.238 e. The van der Waals surface area contributed by atoms with Gasteiger partial charge in [0, 0.05) is 15.8 Å². The van der Waals surface area contributed by atoms with E-state index in [0.29, 0.717) is 21.5 Å². The third-order valence-electron chi connectivity index (χ3n) is 6.45. The standard InChI is InChI=1S/C23H16Cl2N2O2S2/c24-14-4-3-13(16(25)8-14)10-30-23-26-17-6-5-15(9-18(17)31-23)27-21(28)19-11-1-2-12(7-11)20(19)22(27)29/h1-6,8-9,11-12,19-20H,7,10H2/t11-,12-,19+,20+/m0/s1. The van der Waals surface area contributed by atoms with Crippen LogP contribution in [0, 0.1) is 23.7 Å². The Labute approximate surface area is 197 Å². The molecule has 1 aromatic heterocycles. The Kier molecular flexibility index (Phi) is 4.69. The third-order valence-corrected chi connectivity index (χ3v) is 9.24. The summed E-state index contributed by atoms with van der Waals surface area (Å²) in [4.78, 5) is 32.2. The van der Waals surface area contributed by atoms with Crippen molar-refractivity contribution in [3.05, 3.63) is 64.2 Å². The van der Waals surface area contributed by atoms with Crippen LogP contribution in [0.2, 0.25) is 10.0 Å². The van der Waals surface area contributed by atoms with Crippen LogP contribution in [0.15, 0.2) is 52.9 Å². The summed E-state index contributed by atoms with van der Waals surface area (Å²) < 4.78 is 1.87. The Morgan fingerprint density at radius 2 is 1.77 bits per heavy atom. The highest BCUT2D eigenvalue weighted by Crippen LogP contribution is 2.53. The van der Waals surface area contributed by atoms with Gasteiger partial charge in [-0.3, -0.25) is 9.59 Å². The van der Waals surface area contributed by atoms with E-state index in [1.165, 1.54) is 4.90 Å². The summed E-state index contributed by atoms with van der Waals surface area (Å²) in [5.41, 5.74) is 2.51. The summed E-state index contributed by atoms with van der Waals surface area (Å²) >= 11 is 15.4. The van der Waals surface area contributed by atoms with Crippen LogP contribution in [0.3, 0.4) is 0 Å². The van der Waals surface area contributed by atoms with Gasteiger partial charge in [0.15, 0.2) is 4.34 Å². The molecule has 4 atom stereocenters. The summed E-state index contributed by atoms with van der Waals surface area (Å²) in [7, 11) is 0. The number of rotatable bonds is 4. The van der Waals surface area contributed by atoms with E-state index in [1.54, 1.807) is 29.2 Å². The Balaban J connectivity index is 1.25. The number of amides is 2. The summed E-state index contributed by atoms with van der Waals surface area (Å²) in [6.07, 6.45) is 5.17. The van der Waals surface area contributed by atoms with Crippen LogP contribution in [0.5, 0.6) is 0 Å². The van der Waals surface area contributed by atoms with Crippen LogP contribution in [-0.2, 0) is 15.3 Å². The highest BCUT2D eigenvalue weighted by Gasteiger charge is 2.59. The van der Waals surface area contributed by atoms with Crippen LogP contribution in [0.25, 0.3) is 10.2 Å². The number of hydrogen-bond donors (Lipinski definition) is 0. The van der Waals surface area contributed by atoms with Gasteiger partial charge in [-0.2, -0.15) is 0 Å². The zero-order chi connectivity index (χ0) is 21.3. The number of carbonyl (C=O) groups excluding carboxylic acids is 2. The summed E-state index contributed by atoms with van der Waals surface area (Å²) in [6.45, 7) is 0. The van der Waals surface area contributed by atoms with E-state index in [-0.39, 0.29) is 35.5 Å². The molecule has 0 radical (unpaired) electrons. The molecular weight excluding hydrogens is 471 g/mol. The monoisotopic (exact) mass is 486 g/mol. The lowest BCUT2D eigenvalue weighted by atomic mass is 9.85. The highest BCUT2D eigenvalue weighted by atomic mass is 35.5. The number of thiazole rings is 1. The minimum Gasteiger partial charge on any atom is -0.274 e. The smallest absolute Gasteiger partial charge is 0.238 e. The number of imide groups is 1. The minimum atomic E-state index is -0.185. The number of benzene rings is 2. The van der Waals surface area contributed by atoms with E-state index < -0.39 is 0 Å². The fraction of sp³-hybridized carbons (Fsp3) is 0.261. The predicted molar refractivity (Wildman–Crippen MR) is 126 cm³/mol. The molecule has 0 N–H and O–H groups in total. The fourth-order valence-corrected chi connectivity index (χ4v) is 7.69. The van der Waals surface area contributed by atoms with Crippen molar-refractivity contribution < 1.29 is 9.59 Å². The van der Waals surface area contributed by atoms with Gasteiger partial charge in [-0.05, 0) is 54.2 Å². The first-order valence-corrected chi connectivity index (χ1v) is 12.6. The van der Waals surface area contributed by atoms with Gasteiger partial charge in [0.05, 0.1) is 27.7 Å². The van der Waals surface area contributed by atoms with Crippen molar-refractivity contribution in [3.8, 4) is 0 Å². The van der Waals surface area contributed by atoms with Crippen LogP contribution in [0.1, 0.15) is 12.0 Å². The molecule has 2 aromatic carbocycles. The average Bonchev–Trinajstić information content (AvgIpc) is 3.50. The molecule has 2 bridgehead atoms. The zero-order valence-electron chi connectivity index (χ0n) is 16.1. The van der Waals surface area contributed by atoms with Crippen LogP contribution >= 0.6 is 46.3 Å². The number of nitrogens with zero attached hydrogens (tertiary/aromatic N) is 2. The van der Waals surface area contributed by atoms with Crippen molar-refractivity contribution in [1.29, 1.82) is 0 Å². The molecule has 2 amide bonds. The number of hydrogen-bond acceptors (Lipinski definition) is 5. The molecule has 3 aromatic rings. The quantitative estimate of drug-likeness (QED) is 0.250. The number of allylic oxidation sites excluding steroid dienone is 2. The van der Waals surface area contributed by atoms with Gasteiger partial charge >= 0.3 is 0 Å². The second-order valence-corrected chi connectivity index (χ2v) is 11.3. The first-order valence-electron chi connectivity index (χ1n) is 10.0. The second-order valence-electron chi connectivity index (χ2n) is 8.17.